The number of hydrogen-bond donors (Lipinski definition) is 3. The van der Waals surface area contributed by atoms with E-state index < -0.39 is 0 Å². The molecule has 0 aliphatic heterocycles. The smallest absolute Gasteiger partial charge is 0.248 e. The summed E-state index contributed by atoms with van der Waals surface area (Å²) in [4.78, 5) is 20.9. The average Bonchev–Trinajstić information content (AvgIpc) is 2.84. The monoisotopic (exact) mass is 455 g/mol. The van der Waals surface area contributed by atoms with Crippen molar-refractivity contribution in [3.63, 3.8) is 0 Å². The van der Waals surface area contributed by atoms with Gasteiger partial charge in [0.05, 0.1) is 26.1 Å². The van der Waals surface area contributed by atoms with Crippen molar-refractivity contribution in [3.8, 4) is 11.5 Å². The number of anilines is 5. The van der Waals surface area contributed by atoms with E-state index in [-0.39, 0.29) is 5.91 Å². The second kappa shape index (κ2) is 10.4. The Bertz CT molecular complexity index is 1350. The van der Waals surface area contributed by atoms with Crippen molar-refractivity contribution in [2.24, 2.45) is 0 Å². The predicted octanol–water partition coefficient (Wildman–Crippen LogP) is 5.65. The van der Waals surface area contributed by atoms with Crippen molar-refractivity contribution in [2.45, 2.75) is 6.92 Å². The lowest BCUT2D eigenvalue weighted by atomic mass is 10.1. The van der Waals surface area contributed by atoms with Crippen molar-refractivity contribution in [1.82, 2.24) is 9.97 Å². The van der Waals surface area contributed by atoms with E-state index >= 15 is 0 Å². The number of methoxy groups -OCH3 is 2. The number of nitrogens with one attached hydrogen (secondary N) is 3. The van der Waals surface area contributed by atoms with Gasteiger partial charge in [-0.05, 0) is 54.1 Å². The van der Waals surface area contributed by atoms with Gasteiger partial charge in [0.25, 0.3) is 0 Å². The van der Waals surface area contributed by atoms with Gasteiger partial charge in [0.15, 0.2) is 11.6 Å². The van der Waals surface area contributed by atoms with Gasteiger partial charge >= 0.3 is 0 Å². The largest absolute Gasteiger partial charge is 0.495 e. The molecule has 0 saturated carbocycles. The lowest BCUT2D eigenvalue weighted by Gasteiger charge is -2.15. The van der Waals surface area contributed by atoms with Gasteiger partial charge in [-0.1, -0.05) is 36.4 Å². The van der Waals surface area contributed by atoms with Crippen LogP contribution in [-0.2, 0) is 4.79 Å². The third-order valence-corrected chi connectivity index (χ3v) is 5.02. The molecule has 1 heterocycles. The first-order valence-electron chi connectivity index (χ1n) is 10.6. The summed E-state index contributed by atoms with van der Waals surface area (Å²) in [6.45, 7) is 1.78. The first-order chi connectivity index (χ1) is 16.6. The Hall–Kier alpha value is -4.59. The van der Waals surface area contributed by atoms with Crippen LogP contribution < -0.4 is 25.4 Å². The SMILES string of the molecule is C/C=C/C(=O)Nc1ccc(OC)c(Nc2ncc(OC)c(Nc3ccc4ccccc4c3)n2)c1. The van der Waals surface area contributed by atoms with Crippen LogP contribution >= 0.6 is 0 Å². The second-order valence-corrected chi connectivity index (χ2v) is 7.33. The molecule has 1 amide bonds. The van der Waals surface area contributed by atoms with Crippen LogP contribution in [0, 0.1) is 0 Å². The van der Waals surface area contributed by atoms with E-state index in [0.29, 0.717) is 34.6 Å². The maximum absolute atomic E-state index is 11.9. The van der Waals surface area contributed by atoms with Crippen molar-refractivity contribution >= 4 is 45.5 Å². The van der Waals surface area contributed by atoms with Crippen LogP contribution in [0.3, 0.4) is 0 Å². The molecule has 0 aliphatic rings. The molecule has 8 nitrogen and oxygen atoms in total. The zero-order valence-electron chi connectivity index (χ0n) is 19.1. The maximum atomic E-state index is 11.9. The van der Waals surface area contributed by atoms with Gasteiger partial charge < -0.3 is 25.4 Å². The summed E-state index contributed by atoms with van der Waals surface area (Å²) in [6.07, 6.45) is 4.71. The molecule has 34 heavy (non-hydrogen) atoms. The maximum Gasteiger partial charge on any atom is 0.248 e. The summed E-state index contributed by atoms with van der Waals surface area (Å²) < 4.78 is 10.9. The van der Waals surface area contributed by atoms with Gasteiger partial charge in [0.2, 0.25) is 11.9 Å². The summed E-state index contributed by atoms with van der Waals surface area (Å²) >= 11 is 0. The molecular formula is C26H25N5O3. The number of allylic oxidation sites excluding steroid dienone is 1. The van der Waals surface area contributed by atoms with Crippen LogP contribution in [0.25, 0.3) is 10.8 Å². The van der Waals surface area contributed by atoms with Gasteiger partial charge in [-0.15, -0.1) is 0 Å². The fourth-order valence-electron chi connectivity index (χ4n) is 3.41. The van der Waals surface area contributed by atoms with Crippen molar-refractivity contribution < 1.29 is 14.3 Å². The fraction of sp³-hybridized carbons (Fsp3) is 0.115. The quantitative estimate of drug-likeness (QED) is 0.295. The molecule has 0 atom stereocenters. The third kappa shape index (κ3) is 5.24. The summed E-state index contributed by atoms with van der Waals surface area (Å²) in [7, 11) is 3.14. The average molecular weight is 456 g/mol. The van der Waals surface area contributed by atoms with Crippen LogP contribution in [0.5, 0.6) is 11.5 Å². The van der Waals surface area contributed by atoms with Crippen LogP contribution in [0.1, 0.15) is 6.92 Å². The molecule has 3 N–H and O–H groups in total. The van der Waals surface area contributed by atoms with Gasteiger partial charge in [0, 0.05) is 11.4 Å². The molecule has 8 heteroatoms. The lowest BCUT2D eigenvalue weighted by Crippen LogP contribution is -2.08. The molecule has 0 unspecified atom stereocenters. The van der Waals surface area contributed by atoms with E-state index in [2.05, 4.69) is 38.1 Å². The molecule has 172 valence electrons. The Labute approximate surface area is 197 Å². The number of nitrogens with zero attached hydrogens (tertiary/aromatic N) is 2. The van der Waals surface area contributed by atoms with E-state index in [0.717, 1.165) is 16.5 Å². The predicted molar refractivity (Wildman–Crippen MR) is 136 cm³/mol. The molecule has 0 spiro atoms. The number of carbonyl (C=O) groups excluding carboxylic acids is 1. The lowest BCUT2D eigenvalue weighted by molar-refractivity contribution is -0.111. The number of aromatic nitrogens is 2. The Morgan fingerprint density at radius 2 is 1.65 bits per heavy atom. The minimum Gasteiger partial charge on any atom is -0.495 e. The summed E-state index contributed by atoms with van der Waals surface area (Å²) in [6, 6.07) is 19.5. The Balaban J connectivity index is 1.61. The Morgan fingerprint density at radius 3 is 2.41 bits per heavy atom. The Kier molecular flexibility index (Phi) is 6.88. The molecule has 3 aromatic carbocycles. The molecule has 0 saturated heterocycles. The zero-order valence-corrected chi connectivity index (χ0v) is 19.1. The van der Waals surface area contributed by atoms with Gasteiger partial charge in [-0.2, -0.15) is 4.98 Å². The molecule has 4 aromatic rings. The van der Waals surface area contributed by atoms with E-state index in [1.807, 2.05) is 30.3 Å². The number of amides is 1. The highest BCUT2D eigenvalue weighted by molar-refractivity contribution is 5.99. The van der Waals surface area contributed by atoms with E-state index in [1.54, 1.807) is 51.6 Å². The van der Waals surface area contributed by atoms with Crippen LogP contribution in [-0.4, -0.2) is 30.1 Å². The number of rotatable bonds is 8. The number of ether oxygens (including phenoxy) is 2. The van der Waals surface area contributed by atoms with Crippen molar-refractivity contribution in [3.05, 3.63) is 79.0 Å². The third-order valence-electron chi connectivity index (χ3n) is 5.02. The normalized spacial score (nSPS) is 10.8. The number of hydrogen-bond acceptors (Lipinski definition) is 7. The number of carbonyl (C=O) groups is 1. The standard InChI is InChI=1S/C26H25N5O3/c1-4-7-24(32)28-20-12-13-22(33-2)21(15-20)30-26-27-16-23(34-3)25(31-26)29-19-11-10-17-8-5-6-9-18(17)14-19/h4-16H,1-3H3,(H,28,32)(H2,27,29,30,31)/b7-4+. The highest BCUT2D eigenvalue weighted by atomic mass is 16.5. The minimum absolute atomic E-state index is 0.221. The molecule has 0 fully saturated rings. The fourth-order valence-corrected chi connectivity index (χ4v) is 3.41. The van der Waals surface area contributed by atoms with E-state index in [1.165, 1.54) is 6.08 Å². The zero-order chi connectivity index (χ0) is 23.9. The van der Waals surface area contributed by atoms with E-state index in [4.69, 9.17) is 9.47 Å². The first-order valence-corrected chi connectivity index (χ1v) is 10.6. The van der Waals surface area contributed by atoms with Crippen molar-refractivity contribution in [1.29, 1.82) is 0 Å². The molecular weight excluding hydrogens is 430 g/mol. The van der Waals surface area contributed by atoms with Crippen LogP contribution in [0.2, 0.25) is 0 Å². The summed E-state index contributed by atoms with van der Waals surface area (Å²) in [5.74, 6) is 1.69. The molecule has 0 radical (unpaired) electrons. The van der Waals surface area contributed by atoms with E-state index in [9.17, 15) is 4.79 Å². The summed E-state index contributed by atoms with van der Waals surface area (Å²) in [5.41, 5.74) is 2.07. The highest BCUT2D eigenvalue weighted by Gasteiger charge is 2.12. The Morgan fingerprint density at radius 1 is 0.882 bits per heavy atom. The molecule has 4 rings (SSSR count). The van der Waals surface area contributed by atoms with Crippen molar-refractivity contribution in [2.75, 3.05) is 30.2 Å². The minimum atomic E-state index is -0.221. The summed E-state index contributed by atoms with van der Waals surface area (Å²) in [5, 5.41) is 11.5. The van der Waals surface area contributed by atoms with Gasteiger partial charge in [-0.3, -0.25) is 4.79 Å². The first kappa shape index (κ1) is 22.6. The second-order valence-electron chi connectivity index (χ2n) is 7.33. The van der Waals surface area contributed by atoms with Crippen LogP contribution in [0.15, 0.2) is 79.0 Å². The highest BCUT2D eigenvalue weighted by Crippen LogP contribution is 2.32. The number of benzene rings is 3. The topological polar surface area (TPSA) is 97.4 Å². The molecule has 0 bridgehead atoms. The van der Waals surface area contributed by atoms with Gasteiger partial charge in [-0.25, -0.2) is 4.98 Å². The number of fused-ring (bicyclic) bond motifs is 1. The molecule has 1 aromatic heterocycles. The molecule has 0 aliphatic carbocycles. The van der Waals surface area contributed by atoms with Crippen LogP contribution in [0.4, 0.5) is 28.8 Å². The van der Waals surface area contributed by atoms with Gasteiger partial charge in [0.1, 0.15) is 5.75 Å².